The Kier molecular flexibility index (Phi) is 6.02. The molecule has 0 bridgehead atoms. The zero-order valence-corrected chi connectivity index (χ0v) is 14.3. The summed E-state index contributed by atoms with van der Waals surface area (Å²) in [7, 11) is 1.58. The molecule has 0 atom stereocenters. The number of nitrogens with zero attached hydrogens (tertiary/aromatic N) is 2. The topological polar surface area (TPSA) is 93.8 Å². The summed E-state index contributed by atoms with van der Waals surface area (Å²) in [6, 6.07) is 11.2. The normalized spacial score (nSPS) is 10.6. The fraction of sp³-hybridized carbons (Fsp3) is 0.125. The Morgan fingerprint density at radius 2 is 2.04 bits per heavy atom. The molecule has 0 heterocycles. The van der Waals surface area contributed by atoms with E-state index >= 15 is 0 Å². The highest BCUT2D eigenvalue weighted by atomic mass is 79.9. The van der Waals surface area contributed by atoms with Crippen molar-refractivity contribution >= 4 is 33.7 Å². The predicted molar refractivity (Wildman–Crippen MR) is 93.2 cm³/mol. The third-order valence-corrected chi connectivity index (χ3v) is 3.71. The number of benzene rings is 2. The van der Waals surface area contributed by atoms with E-state index in [9.17, 15) is 14.9 Å². The molecule has 1 N–H and O–H groups in total. The zero-order chi connectivity index (χ0) is 17.5. The van der Waals surface area contributed by atoms with Crippen molar-refractivity contribution in [3.63, 3.8) is 0 Å². The number of halogens is 1. The van der Waals surface area contributed by atoms with Crippen molar-refractivity contribution in [2.24, 2.45) is 5.10 Å². The summed E-state index contributed by atoms with van der Waals surface area (Å²) in [5, 5.41) is 14.5. The van der Waals surface area contributed by atoms with E-state index in [4.69, 9.17) is 4.74 Å². The van der Waals surface area contributed by atoms with Gasteiger partial charge in [-0.05, 0) is 45.3 Å². The maximum Gasteiger partial charge on any atom is 0.269 e. The number of amides is 1. The molecular formula is C16H14BrN3O4. The van der Waals surface area contributed by atoms with Gasteiger partial charge in [-0.25, -0.2) is 5.43 Å². The molecule has 0 saturated heterocycles. The average Bonchev–Trinajstić information content (AvgIpc) is 2.55. The van der Waals surface area contributed by atoms with Gasteiger partial charge in [-0.1, -0.05) is 12.1 Å². The summed E-state index contributed by atoms with van der Waals surface area (Å²) in [6.07, 6.45) is 1.60. The van der Waals surface area contributed by atoms with Gasteiger partial charge in [-0.3, -0.25) is 14.9 Å². The second-order valence-corrected chi connectivity index (χ2v) is 5.64. The molecule has 7 nitrogen and oxygen atoms in total. The summed E-state index contributed by atoms with van der Waals surface area (Å²) in [5.41, 5.74) is 3.86. The largest absolute Gasteiger partial charge is 0.496 e. The van der Waals surface area contributed by atoms with Crippen molar-refractivity contribution in [2.45, 2.75) is 6.42 Å². The van der Waals surface area contributed by atoms with E-state index in [1.54, 1.807) is 31.4 Å². The van der Waals surface area contributed by atoms with Crippen LogP contribution in [0.2, 0.25) is 0 Å². The first kappa shape index (κ1) is 17.6. The minimum absolute atomic E-state index is 0.0118. The lowest BCUT2D eigenvalue weighted by Crippen LogP contribution is -2.19. The summed E-state index contributed by atoms with van der Waals surface area (Å²) >= 11 is 3.37. The van der Waals surface area contributed by atoms with Gasteiger partial charge in [0.05, 0.1) is 29.1 Å². The Morgan fingerprint density at radius 1 is 1.33 bits per heavy atom. The third kappa shape index (κ3) is 4.88. The van der Waals surface area contributed by atoms with Gasteiger partial charge < -0.3 is 4.74 Å². The maximum absolute atomic E-state index is 11.8. The van der Waals surface area contributed by atoms with Crippen LogP contribution in [0.5, 0.6) is 5.75 Å². The van der Waals surface area contributed by atoms with E-state index < -0.39 is 4.92 Å². The molecule has 2 aromatic rings. The molecule has 1 amide bonds. The van der Waals surface area contributed by atoms with E-state index in [-0.39, 0.29) is 18.0 Å². The second-order valence-electron chi connectivity index (χ2n) is 4.79. The van der Waals surface area contributed by atoms with Crippen LogP contribution in [0.3, 0.4) is 0 Å². The molecule has 124 valence electrons. The quantitative estimate of drug-likeness (QED) is 0.465. The van der Waals surface area contributed by atoms with Crippen LogP contribution in [-0.2, 0) is 11.2 Å². The minimum Gasteiger partial charge on any atom is -0.496 e. The SMILES string of the molecule is COc1ccc(/C=N\NC(=O)Cc2ccc([N+](=O)[O-])cc2)cc1Br. The van der Waals surface area contributed by atoms with Crippen LogP contribution in [-0.4, -0.2) is 24.2 Å². The van der Waals surface area contributed by atoms with E-state index in [0.717, 1.165) is 10.0 Å². The van der Waals surface area contributed by atoms with Crippen molar-refractivity contribution < 1.29 is 14.5 Å². The van der Waals surface area contributed by atoms with Gasteiger partial charge in [0.2, 0.25) is 5.91 Å². The Labute approximate surface area is 146 Å². The molecule has 2 aromatic carbocycles. The van der Waals surface area contributed by atoms with E-state index in [1.165, 1.54) is 18.3 Å². The number of nitrogens with one attached hydrogen (secondary N) is 1. The number of carbonyl (C=O) groups excluding carboxylic acids is 1. The smallest absolute Gasteiger partial charge is 0.269 e. The van der Waals surface area contributed by atoms with Crippen molar-refractivity contribution in [1.82, 2.24) is 5.43 Å². The number of hydrogen-bond donors (Lipinski definition) is 1. The van der Waals surface area contributed by atoms with Crippen LogP contribution >= 0.6 is 15.9 Å². The van der Waals surface area contributed by atoms with Gasteiger partial charge in [-0.2, -0.15) is 5.10 Å². The Morgan fingerprint density at radius 3 is 2.62 bits per heavy atom. The monoisotopic (exact) mass is 391 g/mol. The van der Waals surface area contributed by atoms with Crippen LogP contribution in [0.1, 0.15) is 11.1 Å². The summed E-state index contributed by atoms with van der Waals surface area (Å²) in [4.78, 5) is 21.9. The molecule has 0 unspecified atom stereocenters. The summed E-state index contributed by atoms with van der Waals surface area (Å²) in [5.74, 6) is 0.391. The third-order valence-electron chi connectivity index (χ3n) is 3.09. The van der Waals surface area contributed by atoms with Gasteiger partial charge in [0, 0.05) is 12.1 Å². The molecule has 0 fully saturated rings. The molecule has 8 heteroatoms. The standard InChI is InChI=1S/C16H14BrN3O4/c1-24-15-7-4-12(8-14(15)17)10-18-19-16(21)9-11-2-5-13(6-3-11)20(22)23/h2-8,10H,9H2,1H3,(H,19,21)/b18-10-. The lowest BCUT2D eigenvalue weighted by atomic mass is 10.1. The van der Waals surface area contributed by atoms with E-state index in [1.807, 2.05) is 6.07 Å². The first-order valence-corrected chi connectivity index (χ1v) is 7.67. The summed E-state index contributed by atoms with van der Waals surface area (Å²) < 4.78 is 5.91. The van der Waals surface area contributed by atoms with Gasteiger partial charge in [-0.15, -0.1) is 0 Å². The number of methoxy groups -OCH3 is 1. The number of hydrogen-bond acceptors (Lipinski definition) is 5. The van der Waals surface area contributed by atoms with Crippen molar-refractivity contribution in [3.8, 4) is 5.75 Å². The van der Waals surface area contributed by atoms with Crippen LogP contribution < -0.4 is 10.2 Å². The zero-order valence-electron chi connectivity index (χ0n) is 12.7. The van der Waals surface area contributed by atoms with Crippen LogP contribution in [0.4, 0.5) is 5.69 Å². The molecule has 0 spiro atoms. The first-order chi connectivity index (χ1) is 11.5. The van der Waals surface area contributed by atoms with Gasteiger partial charge in [0.25, 0.3) is 5.69 Å². The number of nitro benzene ring substituents is 1. The molecule has 0 radical (unpaired) electrons. The Bertz CT molecular complexity index is 775. The summed E-state index contributed by atoms with van der Waals surface area (Å²) in [6.45, 7) is 0. The van der Waals surface area contributed by atoms with Crippen molar-refractivity contribution in [1.29, 1.82) is 0 Å². The average molecular weight is 392 g/mol. The molecule has 0 aliphatic heterocycles. The molecule has 0 aliphatic carbocycles. The molecule has 2 rings (SSSR count). The molecular weight excluding hydrogens is 378 g/mol. The maximum atomic E-state index is 11.8. The highest BCUT2D eigenvalue weighted by Crippen LogP contribution is 2.24. The minimum atomic E-state index is -0.485. The highest BCUT2D eigenvalue weighted by molar-refractivity contribution is 9.10. The number of non-ortho nitro benzene ring substituents is 1. The number of hydrazone groups is 1. The molecule has 0 aliphatic rings. The number of rotatable bonds is 6. The fourth-order valence-corrected chi connectivity index (χ4v) is 2.46. The van der Waals surface area contributed by atoms with Crippen LogP contribution in [0.25, 0.3) is 0 Å². The Hall–Kier alpha value is -2.74. The molecule has 0 saturated carbocycles. The molecule has 0 aromatic heterocycles. The van der Waals surface area contributed by atoms with Gasteiger partial charge in [0.1, 0.15) is 5.75 Å². The highest BCUT2D eigenvalue weighted by Gasteiger charge is 2.06. The number of ether oxygens (including phenoxy) is 1. The van der Waals surface area contributed by atoms with Crippen LogP contribution in [0, 0.1) is 10.1 Å². The van der Waals surface area contributed by atoms with Crippen LogP contribution in [0.15, 0.2) is 52.0 Å². The predicted octanol–water partition coefficient (Wildman–Crippen LogP) is 3.06. The lowest BCUT2D eigenvalue weighted by Gasteiger charge is -2.03. The number of carbonyl (C=O) groups is 1. The molecule has 24 heavy (non-hydrogen) atoms. The van der Waals surface area contributed by atoms with E-state index in [0.29, 0.717) is 11.3 Å². The Balaban J connectivity index is 1.90. The second kappa shape index (κ2) is 8.21. The lowest BCUT2D eigenvalue weighted by molar-refractivity contribution is -0.384. The number of nitro groups is 1. The van der Waals surface area contributed by atoms with Crippen molar-refractivity contribution in [3.05, 3.63) is 68.2 Å². The van der Waals surface area contributed by atoms with Gasteiger partial charge >= 0.3 is 0 Å². The van der Waals surface area contributed by atoms with E-state index in [2.05, 4.69) is 26.5 Å². The van der Waals surface area contributed by atoms with Crippen molar-refractivity contribution in [2.75, 3.05) is 7.11 Å². The van der Waals surface area contributed by atoms with Gasteiger partial charge in [0.15, 0.2) is 0 Å². The first-order valence-electron chi connectivity index (χ1n) is 6.88. The fourth-order valence-electron chi connectivity index (χ4n) is 1.90.